The number of aryl methyl sites for hydroxylation is 2. The fraction of sp³-hybridized carbons (Fsp3) is 0.500. The number of hydrogen-bond donors (Lipinski definition) is 1. The van der Waals surface area contributed by atoms with Crippen molar-refractivity contribution in [2.45, 2.75) is 20.3 Å². The quantitative estimate of drug-likeness (QED) is 0.917. The molecular weight excluding hydrogens is 268 g/mol. The zero-order valence-corrected chi connectivity index (χ0v) is 12.6. The maximum atomic E-state index is 12.7. The Morgan fingerprint density at radius 1 is 1.10 bits per heavy atom. The summed E-state index contributed by atoms with van der Waals surface area (Å²) in [5.74, 6) is -0.757. The van der Waals surface area contributed by atoms with Crippen molar-refractivity contribution in [2.75, 3.05) is 32.7 Å². The summed E-state index contributed by atoms with van der Waals surface area (Å²) in [5.41, 5.74) is 2.77. The zero-order valence-electron chi connectivity index (χ0n) is 12.6. The number of nitrogens with zero attached hydrogens (tertiary/aromatic N) is 2. The maximum absolute atomic E-state index is 12.7. The van der Waals surface area contributed by atoms with Crippen molar-refractivity contribution in [3.8, 4) is 0 Å². The van der Waals surface area contributed by atoms with Gasteiger partial charge in [0, 0.05) is 31.7 Å². The molecule has 1 saturated heterocycles. The molecule has 0 bridgehead atoms. The molecule has 5 nitrogen and oxygen atoms in total. The topological polar surface area (TPSA) is 60.9 Å². The first-order valence-electron chi connectivity index (χ1n) is 7.28. The highest BCUT2D eigenvalue weighted by atomic mass is 16.4. The van der Waals surface area contributed by atoms with Crippen LogP contribution in [0.3, 0.4) is 0 Å². The van der Waals surface area contributed by atoms with E-state index in [2.05, 4.69) is 0 Å². The van der Waals surface area contributed by atoms with Crippen molar-refractivity contribution >= 4 is 11.9 Å². The standard InChI is InChI=1S/C16H22N2O3/c1-12-5-3-6-13(2)15(12)16(21)18-8-4-7-17(9-10-18)11-14(19)20/h3,5-6H,4,7-11H2,1-2H3,(H,19,20). The van der Waals surface area contributed by atoms with Gasteiger partial charge >= 0.3 is 5.97 Å². The summed E-state index contributed by atoms with van der Waals surface area (Å²) in [5, 5.41) is 8.86. The number of carboxylic acid groups (broad SMARTS) is 1. The SMILES string of the molecule is Cc1cccc(C)c1C(=O)N1CCCN(CC(=O)O)CC1. The van der Waals surface area contributed by atoms with E-state index in [4.69, 9.17) is 5.11 Å². The molecule has 0 aromatic heterocycles. The highest BCUT2D eigenvalue weighted by Gasteiger charge is 2.23. The molecule has 1 aromatic rings. The van der Waals surface area contributed by atoms with Crippen LogP contribution >= 0.6 is 0 Å². The van der Waals surface area contributed by atoms with Crippen molar-refractivity contribution in [2.24, 2.45) is 0 Å². The van der Waals surface area contributed by atoms with E-state index in [9.17, 15) is 9.59 Å². The van der Waals surface area contributed by atoms with Crippen molar-refractivity contribution in [1.29, 1.82) is 0 Å². The monoisotopic (exact) mass is 290 g/mol. The van der Waals surface area contributed by atoms with Gasteiger partial charge in [-0.05, 0) is 31.4 Å². The van der Waals surface area contributed by atoms with E-state index in [0.717, 1.165) is 29.7 Å². The minimum atomic E-state index is -0.815. The fourth-order valence-electron chi connectivity index (χ4n) is 2.83. The average Bonchev–Trinajstić information content (AvgIpc) is 2.63. The molecule has 114 valence electrons. The molecule has 1 heterocycles. The van der Waals surface area contributed by atoms with Crippen LogP contribution in [0.2, 0.25) is 0 Å². The van der Waals surface area contributed by atoms with Crippen molar-refractivity contribution in [1.82, 2.24) is 9.80 Å². The number of carbonyl (C=O) groups excluding carboxylic acids is 1. The summed E-state index contributed by atoms with van der Waals surface area (Å²) in [4.78, 5) is 27.2. The van der Waals surface area contributed by atoms with Gasteiger partial charge in [-0.25, -0.2) is 0 Å². The Hall–Kier alpha value is -1.88. The number of hydrogen-bond acceptors (Lipinski definition) is 3. The number of aliphatic carboxylic acids is 1. The Kier molecular flexibility index (Phi) is 4.96. The minimum Gasteiger partial charge on any atom is -0.480 e. The van der Waals surface area contributed by atoms with E-state index < -0.39 is 5.97 Å². The van der Waals surface area contributed by atoms with Crippen LogP contribution in [0.5, 0.6) is 0 Å². The van der Waals surface area contributed by atoms with Crippen molar-refractivity contribution in [3.05, 3.63) is 34.9 Å². The van der Waals surface area contributed by atoms with Crippen LogP contribution < -0.4 is 0 Å². The van der Waals surface area contributed by atoms with Crippen LogP contribution in [0.25, 0.3) is 0 Å². The molecule has 2 rings (SSSR count). The second-order valence-electron chi connectivity index (χ2n) is 5.58. The number of rotatable bonds is 3. The summed E-state index contributed by atoms with van der Waals surface area (Å²) in [6.07, 6.45) is 0.809. The first kappa shape index (κ1) is 15.5. The zero-order chi connectivity index (χ0) is 15.4. The lowest BCUT2D eigenvalue weighted by Gasteiger charge is -2.23. The van der Waals surface area contributed by atoms with E-state index in [-0.39, 0.29) is 12.5 Å². The van der Waals surface area contributed by atoms with E-state index in [1.807, 2.05) is 41.8 Å². The number of carboxylic acids is 1. The lowest BCUT2D eigenvalue weighted by atomic mass is 10.0. The largest absolute Gasteiger partial charge is 0.480 e. The predicted octanol–water partition coefficient (Wildman–Crippen LogP) is 1.54. The van der Waals surface area contributed by atoms with Gasteiger partial charge in [-0.3, -0.25) is 14.5 Å². The Labute approximate surface area is 125 Å². The lowest BCUT2D eigenvalue weighted by molar-refractivity contribution is -0.138. The molecule has 1 fully saturated rings. The Morgan fingerprint density at radius 2 is 1.76 bits per heavy atom. The Balaban J connectivity index is 2.08. The molecule has 1 amide bonds. The van der Waals surface area contributed by atoms with E-state index in [1.54, 1.807) is 0 Å². The van der Waals surface area contributed by atoms with Crippen LogP contribution in [0.1, 0.15) is 27.9 Å². The van der Waals surface area contributed by atoms with E-state index in [1.165, 1.54) is 0 Å². The van der Waals surface area contributed by atoms with Crippen LogP contribution in [0, 0.1) is 13.8 Å². The van der Waals surface area contributed by atoms with Crippen LogP contribution in [0.4, 0.5) is 0 Å². The highest BCUT2D eigenvalue weighted by Crippen LogP contribution is 2.17. The molecule has 21 heavy (non-hydrogen) atoms. The van der Waals surface area contributed by atoms with Gasteiger partial charge in [-0.1, -0.05) is 18.2 Å². The van der Waals surface area contributed by atoms with Gasteiger partial charge in [0.1, 0.15) is 0 Å². The van der Waals surface area contributed by atoms with E-state index >= 15 is 0 Å². The lowest BCUT2D eigenvalue weighted by Crippen LogP contribution is -2.37. The molecule has 0 saturated carbocycles. The molecule has 0 atom stereocenters. The van der Waals surface area contributed by atoms with Crippen molar-refractivity contribution in [3.63, 3.8) is 0 Å². The van der Waals surface area contributed by atoms with Crippen LogP contribution in [-0.2, 0) is 4.79 Å². The second kappa shape index (κ2) is 6.72. The minimum absolute atomic E-state index is 0.0470. The molecule has 1 aliphatic rings. The number of amides is 1. The van der Waals surface area contributed by atoms with Crippen molar-refractivity contribution < 1.29 is 14.7 Å². The molecule has 1 aliphatic heterocycles. The van der Waals surface area contributed by atoms with Gasteiger partial charge in [-0.2, -0.15) is 0 Å². The summed E-state index contributed by atoms with van der Waals surface area (Å²) in [6, 6.07) is 5.86. The summed E-state index contributed by atoms with van der Waals surface area (Å²) < 4.78 is 0. The smallest absolute Gasteiger partial charge is 0.317 e. The van der Waals surface area contributed by atoms with Crippen LogP contribution in [0.15, 0.2) is 18.2 Å². The molecule has 1 aromatic carbocycles. The first-order valence-corrected chi connectivity index (χ1v) is 7.28. The first-order chi connectivity index (χ1) is 9.99. The molecule has 0 radical (unpaired) electrons. The number of carbonyl (C=O) groups is 2. The average molecular weight is 290 g/mol. The summed E-state index contributed by atoms with van der Waals surface area (Å²) in [6.45, 7) is 6.56. The van der Waals surface area contributed by atoms with Gasteiger partial charge in [0.2, 0.25) is 0 Å². The van der Waals surface area contributed by atoms with Gasteiger partial charge < -0.3 is 10.0 Å². The fourth-order valence-corrected chi connectivity index (χ4v) is 2.83. The van der Waals surface area contributed by atoms with Gasteiger partial charge in [0.05, 0.1) is 6.54 Å². The normalized spacial score (nSPS) is 16.6. The van der Waals surface area contributed by atoms with Gasteiger partial charge in [-0.15, -0.1) is 0 Å². The molecule has 0 spiro atoms. The third kappa shape index (κ3) is 3.82. The molecule has 0 aliphatic carbocycles. The van der Waals surface area contributed by atoms with Gasteiger partial charge in [0.15, 0.2) is 0 Å². The summed E-state index contributed by atoms with van der Waals surface area (Å²) in [7, 11) is 0. The van der Waals surface area contributed by atoms with Crippen LogP contribution in [-0.4, -0.2) is 59.5 Å². The molecular formula is C16H22N2O3. The third-order valence-corrected chi connectivity index (χ3v) is 3.93. The molecule has 1 N–H and O–H groups in total. The van der Waals surface area contributed by atoms with E-state index in [0.29, 0.717) is 19.6 Å². The summed E-state index contributed by atoms with van der Waals surface area (Å²) >= 11 is 0. The van der Waals surface area contributed by atoms with Gasteiger partial charge in [0.25, 0.3) is 5.91 Å². The highest BCUT2D eigenvalue weighted by molar-refractivity contribution is 5.97. The molecule has 0 unspecified atom stereocenters. The Bertz CT molecular complexity index is 522. The Morgan fingerprint density at radius 3 is 2.38 bits per heavy atom. The molecule has 5 heteroatoms. The predicted molar refractivity (Wildman–Crippen MR) is 80.5 cm³/mol. The third-order valence-electron chi connectivity index (χ3n) is 3.93. The number of benzene rings is 1. The maximum Gasteiger partial charge on any atom is 0.317 e. The second-order valence-corrected chi connectivity index (χ2v) is 5.58.